The first-order valence-electron chi connectivity index (χ1n) is 5.91. The zero-order valence-corrected chi connectivity index (χ0v) is 13.6. The highest BCUT2D eigenvalue weighted by molar-refractivity contribution is 7.90. The summed E-state index contributed by atoms with van der Waals surface area (Å²) in [5.74, 6) is 0.436. The smallest absolute Gasteiger partial charge is 0.260 e. The molecule has 1 N–H and O–H groups in total. The monoisotopic (exact) mass is 343 g/mol. The van der Waals surface area contributed by atoms with Crippen LogP contribution in [0.4, 0.5) is 5.13 Å². The lowest BCUT2D eigenvalue weighted by atomic mass is 10.2. The fraction of sp³-hybridized carbons (Fsp3) is 0.250. The first kappa shape index (κ1) is 16.2. The van der Waals surface area contributed by atoms with Gasteiger partial charge < -0.3 is 9.47 Å². The number of anilines is 1. The quantitative estimate of drug-likeness (QED) is 0.869. The molecule has 0 saturated carbocycles. The van der Waals surface area contributed by atoms with E-state index in [9.17, 15) is 13.2 Å². The topological polar surface area (TPSA) is 107 Å². The molecule has 0 aliphatic heterocycles. The van der Waals surface area contributed by atoms with E-state index in [0.717, 1.165) is 17.8 Å². The van der Waals surface area contributed by atoms with Gasteiger partial charge in [0.2, 0.25) is 15.0 Å². The molecule has 0 fully saturated rings. The fourth-order valence-electron chi connectivity index (χ4n) is 1.52. The van der Waals surface area contributed by atoms with Crippen molar-refractivity contribution < 1.29 is 22.7 Å². The first-order valence-corrected chi connectivity index (χ1v) is 8.58. The van der Waals surface area contributed by atoms with Gasteiger partial charge in [0.1, 0.15) is 11.5 Å². The Bertz CT molecular complexity index is 779. The predicted octanol–water partition coefficient (Wildman–Crippen LogP) is 1.21. The van der Waals surface area contributed by atoms with Crippen LogP contribution in [0.3, 0.4) is 0 Å². The molecule has 8 nitrogen and oxygen atoms in total. The molecule has 10 heteroatoms. The zero-order chi connectivity index (χ0) is 16.3. The summed E-state index contributed by atoms with van der Waals surface area (Å²) in [6.07, 6.45) is 0.994. The minimum Gasteiger partial charge on any atom is -0.497 e. The van der Waals surface area contributed by atoms with Gasteiger partial charge in [0.25, 0.3) is 11.1 Å². The molecule has 1 heterocycles. The predicted molar refractivity (Wildman–Crippen MR) is 80.5 cm³/mol. The van der Waals surface area contributed by atoms with Crippen molar-refractivity contribution in [2.45, 2.75) is 5.16 Å². The van der Waals surface area contributed by atoms with Crippen molar-refractivity contribution in [1.29, 1.82) is 0 Å². The van der Waals surface area contributed by atoms with Crippen LogP contribution in [-0.4, -0.2) is 44.2 Å². The Labute approximate surface area is 131 Å². The van der Waals surface area contributed by atoms with E-state index in [1.807, 2.05) is 0 Å². The standard InChI is InChI=1S/C12H13N3O5S2/c1-19-8-4-7(5-9(6-8)20-2)10(16)13-11-14-12(15-21-11)22(3,17)18/h4-6H,1-3H3,(H,13,14,15,16). The molecular formula is C12H13N3O5S2. The van der Waals surface area contributed by atoms with Crippen molar-refractivity contribution in [3.63, 3.8) is 0 Å². The molecule has 0 aliphatic rings. The van der Waals surface area contributed by atoms with Crippen molar-refractivity contribution in [3.8, 4) is 11.5 Å². The van der Waals surface area contributed by atoms with Gasteiger partial charge >= 0.3 is 0 Å². The molecule has 2 rings (SSSR count). The second kappa shape index (κ2) is 6.28. The van der Waals surface area contributed by atoms with Gasteiger partial charge in [-0.25, -0.2) is 8.42 Å². The van der Waals surface area contributed by atoms with Crippen LogP contribution in [0.25, 0.3) is 0 Å². The maximum Gasteiger partial charge on any atom is 0.260 e. The Balaban J connectivity index is 2.24. The van der Waals surface area contributed by atoms with Gasteiger partial charge in [-0.15, -0.1) is 0 Å². The number of ether oxygens (including phenoxy) is 2. The lowest BCUT2D eigenvalue weighted by Gasteiger charge is -2.07. The Hall–Kier alpha value is -2.20. The van der Waals surface area contributed by atoms with E-state index < -0.39 is 15.7 Å². The van der Waals surface area contributed by atoms with Crippen LogP contribution in [0.15, 0.2) is 23.4 Å². The van der Waals surface area contributed by atoms with Crippen molar-refractivity contribution in [2.75, 3.05) is 25.8 Å². The van der Waals surface area contributed by atoms with E-state index in [1.165, 1.54) is 26.4 Å². The third-order valence-corrected chi connectivity index (χ3v) is 4.17. The summed E-state index contributed by atoms with van der Waals surface area (Å²) in [6, 6.07) is 4.68. The molecule has 0 atom stereocenters. The number of aromatic nitrogens is 2. The largest absolute Gasteiger partial charge is 0.497 e. The molecule has 0 radical (unpaired) electrons. The number of carbonyl (C=O) groups excluding carboxylic acids is 1. The Morgan fingerprint density at radius 2 is 1.77 bits per heavy atom. The molecule has 1 amide bonds. The fourth-order valence-corrected chi connectivity index (χ4v) is 2.96. The SMILES string of the molecule is COc1cc(OC)cc(C(=O)Nc2nc(S(C)(=O)=O)ns2)c1. The highest BCUT2D eigenvalue weighted by Crippen LogP contribution is 2.23. The molecular weight excluding hydrogens is 330 g/mol. The molecule has 0 spiro atoms. The lowest BCUT2D eigenvalue weighted by molar-refractivity contribution is 0.102. The molecule has 0 unspecified atom stereocenters. The number of methoxy groups -OCH3 is 2. The number of carbonyl (C=O) groups is 1. The molecule has 1 aromatic heterocycles. The highest BCUT2D eigenvalue weighted by atomic mass is 32.2. The molecule has 0 saturated heterocycles. The Morgan fingerprint density at radius 1 is 1.18 bits per heavy atom. The summed E-state index contributed by atoms with van der Waals surface area (Å²) < 4.78 is 36.5. The molecule has 2 aromatic rings. The van der Waals surface area contributed by atoms with Crippen molar-refractivity contribution in [2.24, 2.45) is 0 Å². The second-order valence-corrected chi connectivity index (χ2v) is 6.87. The normalized spacial score (nSPS) is 11.0. The van der Waals surface area contributed by atoms with Crippen LogP contribution in [-0.2, 0) is 9.84 Å². The van der Waals surface area contributed by atoms with E-state index in [4.69, 9.17) is 9.47 Å². The number of nitrogens with zero attached hydrogens (tertiary/aromatic N) is 2. The van der Waals surface area contributed by atoms with Gasteiger partial charge in [0, 0.05) is 29.4 Å². The number of amides is 1. The minimum atomic E-state index is -3.51. The molecule has 1 aromatic carbocycles. The Kier molecular flexibility index (Phi) is 4.62. The average molecular weight is 343 g/mol. The summed E-state index contributed by atoms with van der Waals surface area (Å²) in [4.78, 5) is 15.9. The van der Waals surface area contributed by atoms with E-state index in [-0.39, 0.29) is 15.9 Å². The highest BCUT2D eigenvalue weighted by Gasteiger charge is 2.17. The summed E-state index contributed by atoms with van der Waals surface area (Å²) in [5.41, 5.74) is 0.285. The van der Waals surface area contributed by atoms with Crippen LogP contribution >= 0.6 is 11.5 Å². The van der Waals surface area contributed by atoms with Gasteiger partial charge in [-0.05, 0) is 12.1 Å². The Morgan fingerprint density at radius 3 is 2.23 bits per heavy atom. The van der Waals surface area contributed by atoms with Gasteiger partial charge in [0.05, 0.1) is 14.2 Å². The molecule has 0 aliphatic carbocycles. The van der Waals surface area contributed by atoms with Gasteiger partial charge in [0.15, 0.2) is 0 Å². The van der Waals surface area contributed by atoms with Crippen LogP contribution in [0.5, 0.6) is 11.5 Å². The van der Waals surface area contributed by atoms with Gasteiger partial charge in [-0.1, -0.05) is 0 Å². The number of benzene rings is 1. The van der Waals surface area contributed by atoms with Crippen molar-refractivity contribution in [3.05, 3.63) is 23.8 Å². The van der Waals surface area contributed by atoms with Crippen molar-refractivity contribution >= 4 is 32.4 Å². The maximum atomic E-state index is 12.2. The number of hydrogen-bond acceptors (Lipinski definition) is 8. The third-order valence-electron chi connectivity index (χ3n) is 2.57. The van der Waals surface area contributed by atoms with Gasteiger partial charge in [-0.2, -0.15) is 9.36 Å². The zero-order valence-electron chi connectivity index (χ0n) is 12.0. The average Bonchev–Trinajstić information content (AvgIpc) is 2.95. The van der Waals surface area contributed by atoms with E-state index in [0.29, 0.717) is 11.5 Å². The van der Waals surface area contributed by atoms with Crippen LogP contribution in [0.2, 0.25) is 0 Å². The summed E-state index contributed by atoms with van der Waals surface area (Å²) >= 11 is 0.785. The number of nitrogens with one attached hydrogen (secondary N) is 1. The molecule has 0 bridgehead atoms. The van der Waals surface area contributed by atoms with Crippen LogP contribution in [0.1, 0.15) is 10.4 Å². The van der Waals surface area contributed by atoms with E-state index in [1.54, 1.807) is 6.07 Å². The third kappa shape index (κ3) is 3.71. The summed E-state index contributed by atoms with van der Waals surface area (Å²) in [5, 5.41) is 2.25. The van der Waals surface area contributed by atoms with E-state index >= 15 is 0 Å². The summed E-state index contributed by atoms with van der Waals surface area (Å²) in [7, 11) is -0.563. The number of rotatable bonds is 5. The number of hydrogen-bond donors (Lipinski definition) is 1. The molecule has 22 heavy (non-hydrogen) atoms. The van der Waals surface area contributed by atoms with Crippen LogP contribution in [0, 0.1) is 0 Å². The summed E-state index contributed by atoms with van der Waals surface area (Å²) in [6.45, 7) is 0. The van der Waals surface area contributed by atoms with E-state index in [2.05, 4.69) is 14.7 Å². The maximum absolute atomic E-state index is 12.2. The number of sulfone groups is 1. The van der Waals surface area contributed by atoms with Crippen LogP contribution < -0.4 is 14.8 Å². The second-order valence-electron chi connectivity index (χ2n) is 4.21. The van der Waals surface area contributed by atoms with Crippen molar-refractivity contribution in [1.82, 2.24) is 9.36 Å². The minimum absolute atomic E-state index is 0.0900. The first-order chi connectivity index (χ1) is 10.3. The molecule has 118 valence electrons. The lowest BCUT2D eigenvalue weighted by Crippen LogP contribution is -2.12. The van der Waals surface area contributed by atoms with Gasteiger partial charge in [-0.3, -0.25) is 10.1 Å².